The SMILES string of the molecule is O=C(Nc1cccc(NC(=O)N2CCCN(C(=O)c3ccccc3)CC2)c1)c1ccccc1. The first-order valence-corrected chi connectivity index (χ1v) is 11.0. The van der Waals surface area contributed by atoms with Gasteiger partial charge >= 0.3 is 6.03 Å². The van der Waals surface area contributed by atoms with Crippen LogP contribution in [0.15, 0.2) is 84.9 Å². The van der Waals surface area contributed by atoms with Crippen molar-refractivity contribution < 1.29 is 14.4 Å². The molecule has 4 amide bonds. The third kappa shape index (κ3) is 5.77. The molecule has 0 saturated carbocycles. The lowest BCUT2D eigenvalue weighted by molar-refractivity contribution is 0.0762. The zero-order chi connectivity index (χ0) is 23.0. The van der Waals surface area contributed by atoms with Gasteiger partial charge in [-0.05, 0) is 48.9 Å². The first kappa shape index (κ1) is 22.1. The average molecular weight is 443 g/mol. The lowest BCUT2D eigenvalue weighted by Crippen LogP contribution is -2.39. The summed E-state index contributed by atoms with van der Waals surface area (Å²) < 4.78 is 0. The highest BCUT2D eigenvalue weighted by Crippen LogP contribution is 2.17. The fourth-order valence-electron chi connectivity index (χ4n) is 3.76. The van der Waals surface area contributed by atoms with Gasteiger partial charge in [0.15, 0.2) is 0 Å². The van der Waals surface area contributed by atoms with Crippen LogP contribution in [0, 0.1) is 0 Å². The molecule has 2 N–H and O–H groups in total. The Morgan fingerprint density at radius 3 is 1.88 bits per heavy atom. The number of rotatable bonds is 4. The summed E-state index contributed by atoms with van der Waals surface area (Å²) in [6.45, 7) is 2.11. The number of urea groups is 1. The van der Waals surface area contributed by atoms with Crippen molar-refractivity contribution in [3.05, 3.63) is 96.1 Å². The van der Waals surface area contributed by atoms with Crippen LogP contribution in [0.4, 0.5) is 16.2 Å². The zero-order valence-electron chi connectivity index (χ0n) is 18.2. The molecule has 0 spiro atoms. The largest absolute Gasteiger partial charge is 0.337 e. The van der Waals surface area contributed by atoms with E-state index in [9.17, 15) is 14.4 Å². The molecule has 7 heteroatoms. The van der Waals surface area contributed by atoms with Crippen LogP contribution in [-0.2, 0) is 0 Å². The molecule has 1 saturated heterocycles. The predicted octanol–water partition coefficient (Wildman–Crippen LogP) is 4.32. The average Bonchev–Trinajstić information content (AvgIpc) is 3.11. The predicted molar refractivity (Wildman–Crippen MR) is 128 cm³/mol. The first-order valence-electron chi connectivity index (χ1n) is 11.0. The molecule has 33 heavy (non-hydrogen) atoms. The zero-order valence-corrected chi connectivity index (χ0v) is 18.2. The van der Waals surface area contributed by atoms with E-state index < -0.39 is 0 Å². The number of carbonyl (C=O) groups is 3. The van der Waals surface area contributed by atoms with E-state index in [4.69, 9.17) is 0 Å². The minimum atomic E-state index is -0.226. The van der Waals surface area contributed by atoms with E-state index in [1.54, 1.807) is 70.5 Å². The second-order valence-corrected chi connectivity index (χ2v) is 7.83. The van der Waals surface area contributed by atoms with Crippen LogP contribution < -0.4 is 10.6 Å². The Morgan fingerprint density at radius 1 is 0.606 bits per heavy atom. The third-order valence-electron chi connectivity index (χ3n) is 5.50. The highest BCUT2D eigenvalue weighted by Gasteiger charge is 2.23. The summed E-state index contributed by atoms with van der Waals surface area (Å²) in [4.78, 5) is 41.5. The molecule has 7 nitrogen and oxygen atoms in total. The van der Waals surface area contributed by atoms with Crippen LogP contribution in [0.3, 0.4) is 0 Å². The van der Waals surface area contributed by atoms with Crippen LogP contribution in [0.5, 0.6) is 0 Å². The van der Waals surface area contributed by atoms with Crippen molar-refractivity contribution in [1.29, 1.82) is 0 Å². The van der Waals surface area contributed by atoms with Gasteiger partial charge in [-0.15, -0.1) is 0 Å². The van der Waals surface area contributed by atoms with Gasteiger partial charge in [-0.1, -0.05) is 42.5 Å². The molecule has 0 bridgehead atoms. The Morgan fingerprint density at radius 2 is 1.18 bits per heavy atom. The summed E-state index contributed by atoms with van der Waals surface area (Å²) in [7, 11) is 0. The molecular formula is C26H26N4O3. The molecule has 1 aliphatic rings. The van der Waals surface area contributed by atoms with Gasteiger partial charge in [0, 0.05) is 48.7 Å². The molecule has 1 heterocycles. The summed E-state index contributed by atoms with van der Waals surface area (Å²) >= 11 is 0. The number of anilines is 2. The highest BCUT2D eigenvalue weighted by atomic mass is 16.2. The number of benzene rings is 3. The van der Waals surface area contributed by atoms with Crippen molar-refractivity contribution in [3.63, 3.8) is 0 Å². The van der Waals surface area contributed by atoms with E-state index in [0.29, 0.717) is 55.1 Å². The van der Waals surface area contributed by atoms with E-state index in [1.165, 1.54) is 0 Å². The number of hydrogen-bond donors (Lipinski definition) is 2. The summed E-state index contributed by atoms with van der Waals surface area (Å²) in [6, 6.07) is 25.0. The first-order chi connectivity index (χ1) is 16.1. The van der Waals surface area contributed by atoms with Crippen molar-refractivity contribution >= 4 is 29.2 Å². The van der Waals surface area contributed by atoms with Gasteiger partial charge in [0.2, 0.25) is 0 Å². The van der Waals surface area contributed by atoms with Crippen LogP contribution in [0.1, 0.15) is 27.1 Å². The van der Waals surface area contributed by atoms with Crippen molar-refractivity contribution in [2.45, 2.75) is 6.42 Å². The van der Waals surface area contributed by atoms with Gasteiger partial charge in [0.25, 0.3) is 11.8 Å². The Balaban J connectivity index is 1.34. The minimum absolute atomic E-state index is 0.0142. The molecular weight excluding hydrogens is 416 g/mol. The topological polar surface area (TPSA) is 81.8 Å². The second kappa shape index (κ2) is 10.5. The van der Waals surface area contributed by atoms with Crippen molar-refractivity contribution in [3.8, 4) is 0 Å². The minimum Gasteiger partial charge on any atom is -0.337 e. The van der Waals surface area contributed by atoms with E-state index in [0.717, 1.165) is 0 Å². The maximum atomic E-state index is 12.8. The molecule has 0 aromatic heterocycles. The van der Waals surface area contributed by atoms with E-state index in [-0.39, 0.29) is 17.8 Å². The fourth-order valence-corrected chi connectivity index (χ4v) is 3.76. The number of nitrogens with zero attached hydrogens (tertiary/aromatic N) is 2. The van der Waals surface area contributed by atoms with Gasteiger partial charge in [-0.25, -0.2) is 4.79 Å². The maximum absolute atomic E-state index is 12.8. The standard InChI is InChI=1S/C26H26N4O3/c31-24(20-9-3-1-4-10-20)27-22-13-7-14-23(19-22)28-26(33)30-16-8-15-29(17-18-30)25(32)21-11-5-2-6-12-21/h1-7,9-14,19H,8,15-18H2,(H,27,31)(H,28,33). The fraction of sp³-hybridized carbons (Fsp3) is 0.192. The summed E-state index contributed by atoms with van der Waals surface area (Å²) in [5.74, 6) is -0.227. The van der Waals surface area contributed by atoms with E-state index in [1.807, 2.05) is 24.3 Å². The summed E-state index contributed by atoms with van der Waals surface area (Å²) in [6.07, 6.45) is 0.708. The molecule has 0 unspecified atom stereocenters. The number of nitrogens with one attached hydrogen (secondary N) is 2. The maximum Gasteiger partial charge on any atom is 0.321 e. The van der Waals surface area contributed by atoms with Crippen LogP contribution >= 0.6 is 0 Å². The number of carbonyl (C=O) groups excluding carboxylic acids is 3. The molecule has 1 fully saturated rings. The smallest absolute Gasteiger partial charge is 0.321 e. The molecule has 0 atom stereocenters. The van der Waals surface area contributed by atoms with E-state index in [2.05, 4.69) is 10.6 Å². The Labute approximate surface area is 193 Å². The molecule has 168 valence electrons. The van der Waals surface area contributed by atoms with Crippen LogP contribution in [0.25, 0.3) is 0 Å². The summed E-state index contributed by atoms with van der Waals surface area (Å²) in [5.41, 5.74) is 2.40. The Bertz CT molecular complexity index is 1120. The lowest BCUT2D eigenvalue weighted by atomic mass is 10.2. The normalized spacial score (nSPS) is 13.7. The van der Waals surface area contributed by atoms with Crippen molar-refractivity contribution in [1.82, 2.24) is 9.80 Å². The molecule has 4 rings (SSSR count). The van der Waals surface area contributed by atoms with Gasteiger partial charge < -0.3 is 20.4 Å². The Hall–Kier alpha value is -4.13. The molecule has 0 radical (unpaired) electrons. The third-order valence-corrected chi connectivity index (χ3v) is 5.50. The second-order valence-electron chi connectivity index (χ2n) is 7.83. The Kier molecular flexibility index (Phi) is 6.99. The molecule has 1 aliphatic heterocycles. The monoisotopic (exact) mass is 442 g/mol. The van der Waals surface area contributed by atoms with Crippen molar-refractivity contribution in [2.75, 3.05) is 36.8 Å². The van der Waals surface area contributed by atoms with Gasteiger partial charge in [0.1, 0.15) is 0 Å². The van der Waals surface area contributed by atoms with Crippen LogP contribution in [-0.4, -0.2) is 53.8 Å². The van der Waals surface area contributed by atoms with Crippen molar-refractivity contribution in [2.24, 2.45) is 0 Å². The van der Waals surface area contributed by atoms with Crippen LogP contribution in [0.2, 0.25) is 0 Å². The van der Waals surface area contributed by atoms with Gasteiger partial charge in [-0.3, -0.25) is 9.59 Å². The number of hydrogen-bond acceptors (Lipinski definition) is 3. The highest BCUT2D eigenvalue weighted by molar-refractivity contribution is 6.04. The quantitative estimate of drug-likeness (QED) is 0.631. The molecule has 0 aliphatic carbocycles. The van der Waals surface area contributed by atoms with Gasteiger partial charge in [0.05, 0.1) is 0 Å². The molecule has 3 aromatic rings. The molecule has 3 aromatic carbocycles. The number of amides is 4. The van der Waals surface area contributed by atoms with Gasteiger partial charge in [-0.2, -0.15) is 0 Å². The van der Waals surface area contributed by atoms with E-state index >= 15 is 0 Å². The summed E-state index contributed by atoms with van der Waals surface area (Å²) in [5, 5.41) is 5.75. The lowest BCUT2D eigenvalue weighted by Gasteiger charge is -2.22.